The van der Waals surface area contributed by atoms with Crippen LogP contribution in [0.3, 0.4) is 0 Å². The van der Waals surface area contributed by atoms with E-state index in [1.807, 2.05) is 26.8 Å². The number of nitrogens with one attached hydrogen (secondary N) is 1. The molecule has 2 aromatic heterocycles. The number of anilines is 2. The van der Waals surface area contributed by atoms with Gasteiger partial charge >= 0.3 is 0 Å². The molecule has 0 atom stereocenters. The average molecular weight is 258 g/mol. The van der Waals surface area contributed by atoms with Gasteiger partial charge in [-0.15, -0.1) is 0 Å². The molecule has 0 radical (unpaired) electrons. The van der Waals surface area contributed by atoms with Crippen molar-refractivity contribution in [1.82, 2.24) is 19.9 Å². The molecule has 0 aliphatic carbocycles. The van der Waals surface area contributed by atoms with E-state index in [9.17, 15) is 0 Å². The normalized spacial score (nSPS) is 10.5. The summed E-state index contributed by atoms with van der Waals surface area (Å²) in [6.45, 7) is 6.36. The van der Waals surface area contributed by atoms with Crippen molar-refractivity contribution < 1.29 is 0 Å². The summed E-state index contributed by atoms with van der Waals surface area (Å²) in [6.07, 6.45) is 2.50. The van der Waals surface area contributed by atoms with Crippen LogP contribution in [0.15, 0.2) is 12.3 Å². The molecule has 6 heteroatoms. The predicted octanol–water partition coefficient (Wildman–Crippen LogP) is 1.64. The van der Waals surface area contributed by atoms with Gasteiger partial charge in [0.1, 0.15) is 23.3 Å². The Morgan fingerprint density at radius 2 is 2.00 bits per heavy atom. The van der Waals surface area contributed by atoms with Crippen LogP contribution in [0.1, 0.15) is 29.8 Å². The Bertz CT molecular complexity index is 581. The van der Waals surface area contributed by atoms with Crippen LogP contribution < -0.4 is 11.1 Å². The Balaban J connectivity index is 2.17. The number of nitrogen functional groups attached to an aromatic ring is 1. The average Bonchev–Trinajstić information content (AvgIpc) is 2.40. The summed E-state index contributed by atoms with van der Waals surface area (Å²) < 4.78 is 0. The zero-order valence-corrected chi connectivity index (χ0v) is 11.4. The van der Waals surface area contributed by atoms with Gasteiger partial charge in [-0.25, -0.2) is 19.9 Å². The van der Waals surface area contributed by atoms with E-state index in [1.54, 1.807) is 6.20 Å². The third-order valence-electron chi connectivity index (χ3n) is 2.82. The van der Waals surface area contributed by atoms with Gasteiger partial charge in [0, 0.05) is 18.2 Å². The molecule has 19 heavy (non-hydrogen) atoms. The molecular weight excluding hydrogens is 240 g/mol. The molecule has 0 bridgehead atoms. The van der Waals surface area contributed by atoms with E-state index < -0.39 is 0 Å². The van der Waals surface area contributed by atoms with E-state index in [2.05, 4.69) is 25.3 Å². The van der Waals surface area contributed by atoms with Gasteiger partial charge in [0.05, 0.1) is 12.2 Å². The van der Waals surface area contributed by atoms with Crippen LogP contribution >= 0.6 is 0 Å². The Kier molecular flexibility index (Phi) is 3.89. The maximum absolute atomic E-state index is 5.87. The molecule has 3 N–H and O–H groups in total. The lowest BCUT2D eigenvalue weighted by molar-refractivity contribution is 0.912. The third-order valence-corrected chi connectivity index (χ3v) is 2.82. The first-order valence-corrected chi connectivity index (χ1v) is 6.25. The monoisotopic (exact) mass is 258 g/mol. The van der Waals surface area contributed by atoms with E-state index in [0.29, 0.717) is 12.4 Å². The van der Waals surface area contributed by atoms with E-state index in [4.69, 9.17) is 5.73 Å². The van der Waals surface area contributed by atoms with Crippen LogP contribution in [0.5, 0.6) is 0 Å². The van der Waals surface area contributed by atoms with Crippen LogP contribution in [0.4, 0.5) is 11.6 Å². The maximum atomic E-state index is 5.87. The molecule has 0 aliphatic rings. The lowest BCUT2D eigenvalue weighted by Gasteiger charge is -2.11. The Morgan fingerprint density at radius 1 is 1.21 bits per heavy atom. The summed E-state index contributed by atoms with van der Waals surface area (Å²) in [5.41, 5.74) is 7.66. The molecule has 0 saturated heterocycles. The Morgan fingerprint density at radius 3 is 2.68 bits per heavy atom. The van der Waals surface area contributed by atoms with Crippen molar-refractivity contribution in [3.63, 3.8) is 0 Å². The standard InChI is InChI=1S/C13H18N6/c1-4-11-18-12(14)8(2)13(19-11)16-7-10-5-6-15-9(3)17-10/h5-6H,4,7H2,1-3H3,(H3,14,16,18,19). The molecular formula is C13H18N6. The second-order valence-electron chi connectivity index (χ2n) is 4.30. The van der Waals surface area contributed by atoms with E-state index >= 15 is 0 Å². The number of nitrogens with zero attached hydrogens (tertiary/aromatic N) is 4. The van der Waals surface area contributed by atoms with Crippen LogP contribution in [-0.4, -0.2) is 19.9 Å². The van der Waals surface area contributed by atoms with Crippen molar-refractivity contribution in [2.45, 2.75) is 33.7 Å². The molecule has 2 rings (SSSR count). The van der Waals surface area contributed by atoms with E-state index in [0.717, 1.165) is 35.1 Å². The summed E-state index contributed by atoms with van der Waals surface area (Å²) >= 11 is 0. The number of rotatable bonds is 4. The Hall–Kier alpha value is -2.24. The summed E-state index contributed by atoms with van der Waals surface area (Å²) in [7, 11) is 0. The quantitative estimate of drug-likeness (QED) is 0.866. The summed E-state index contributed by atoms with van der Waals surface area (Å²) in [4.78, 5) is 17.1. The van der Waals surface area contributed by atoms with Crippen molar-refractivity contribution in [3.8, 4) is 0 Å². The maximum Gasteiger partial charge on any atom is 0.135 e. The minimum absolute atomic E-state index is 0.521. The lowest BCUT2D eigenvalue weighted by Crippen LogP contribution is -2.10. The number of hydrogen-bond donors (Lipinski definition) is 2. The number of aromatic nitrogens is 4. The number of aryl methyl sites for hydroxylation is 2. The van der Waals surface area contributed by atoms with Crippen molar-refractivity contribution in [2.75, 3.05) is 11.1 Å². The van der Waals surface area contributed by atoms with Gasteiger partial charge < -0.3 is 11.1 Å². The van der Waals surface area contributed by atoms with Gasteiger partial charge in [-0.2, -0.15) is 0 Å². The van der Waals surface area contributed by atoms with Crippen molar-refractivity contribution in [1.29, 1.82) is 0 Å². The second kappa shape index (κ2) is 5.60. The number of nitrogens with two attached hydrogens (primary N) is 1. The van der Waals surface area contributed by atoms with Gasteiger partial charge in [0.2, 0.25) is 0 Å². The van der Waals surface area contributed by atoms with E-state index in [1.165, 1.54) is 0 Å². The SMILES string of the molecule is CCc1nc(N)c(C)c(NCc2ccnc(C)n2)n1. The van der Waals surface area contributed by atoms with Gasteiger partial charge in [-0.1, -0.05) is 6.92 Å². The molecule has 0 spiro atoms. The Labute approximate surface area is 112 Å². The van der Waals surface area contributed by atoms with Crippen LogP contribution in [0, 0.1) is 13.8 Å². The highest BCUT2D eigenvalue weighted by molar-refractivity contribution is 5.54. The molecule has 0 aliphatic heterocycles. The predicted molar refractivity (Wildman–Crippen MR) is 74.7 cm³/mol. The van der Waals surface area contributed by atoms with Crippen LogP contribution in [-0.2, 0) is 13.0 Å². The highest BCUT2D eigenvalue weighted by atomic mass is 15.1. The summed E-state index contributed by atoms with van der Waals surface area (Å²) in [5.74, 6) is 2.78. The zero-order valence-electron chi connectivity index (χ0n) is 11.4. The topological polar surface area (TPSA) is 89.6 Å². The number of hydrogen-bond acceptors (Lipinski definition) is 6. The van der Waals surface area contributed by atoms with Gasteiger partial charge in [0.25, 0.3) is 0 Å². The third kappa shape index (κ3) is 3.15. The fraction of sp³-hybridized carbons (Fsp3) is 0.385. The van der Waals surface area contributed by atoms with Crippen LogP contribution in [0.25, 0.3) is 0 Å². The second-order valence-corrected chi connectivity index (χ2v) is 4.30. The molecule has 0 aromatic carbocycles. The first-order chi connectivity index (χ1) is 9.10. The lowest BCUT2D eigenvalue weighted by atomic mass is 10.3. The fourth-order valence-electron chi connectivity index (χ4n) is 1.69. The van der Waals surface area contributed by atoms with Gasteiger partial charge in [-0.05, 0) is 19.9 Å². The molecule has 0 unspecified atom stereocenters. The van der Waals surface area contributed by atoms with E-state index in [-0.39, 0.29) is 0 Å². The van der Waals surface area contributed by atoms with Gasteiger partial charge in [0.15, 0.2) is 0 Å². The largest absolute Gasteiger partial charge is 0.383 e. The van der Waals surface area contributed by atoms with Gasteiger partial charge in [-0.3, -0.25) is 0 Å². The molecule has 0 saturated carbocycles. The van der Waals surface area contributed by atoms with Crippen molar-refractivity contribution in [2.24, 2.45) is 0 Å². The molecule has 2 aromatic rings. The minimum atomic E-state index is 0.521. The summed E-state index contributed by atoms with van der Waals surface area (Å²) in [5, 5.41) is 3.25. The fourth-order valence-corrected chi connectivity index (χ4v) is 1.69. The van der Waals surface area contributed by atoms with Crippen molar-refractivity contribution in [3.05, 3.63) is 35.2 Å². The first-order valence-electron chi connectivity index (χ1n) is 6.25. The zero-order chi connectivity index (χ0) is 13.8. The highest BCUT2D eigenvalue weighted by Crippen LogP contribution is 2.17. The first kappa shape index (κ1) is 13.2. The minimum Gasteiger partial charge on any atom is -0.383 e. The molecule has 6 nitrogen and oxygen atoms in total. The molecule has 2 heterocycles. The van der Waals surface area contributed by atoms with Crippen LogP contribution in [0.2, 0.25) is 0 Å². The molecule has 100 valence electrons. The molecule has 0 amide bonds. The van der Waals surface area contributed by atoms with Crippen molar-refractivity contribution >= 4 is 11.6 Å². The smallest absolute Gasteiger partial charge is 0.135 e. The highest BCUT2D eigenvalue weighted by Gasteiger charge is 2.07. The summed E-state index contributed by atoms with van der Waals surface area (Å²) in [6, 6.07) is 1.88. The molecule has 0 fully saturated rings.